The molecule has 0 amide bonds. The van der Waals surface area contributed by atoms with Crippen molar-refractivity contribution in [2.45, 2.75) is 6.92 Å². The molecule has 0 spiro atoms. The SMILES string of the molecule is Cc1[nH]oc(=O)c1[N+]([O-])(O)Oc1ccccc1Cl. The lowest BCUT2D eigenvalue weighted by molar-refractivity contribution is -0.228. The normalized spacial score (nSPS) is 14.2. The summed E-state index contributed by atoms with van der Waals surface area (Å²) in [6, 6.07) is 6.05. The number of aryl methyl sites for hydroxylation is 1. The van der Waals surface area contributed by atoms with Crippen LogP contribution in [0.4, 0.5) is 5.69 Å². The second kappa shape index (κ2) is 4.46. The first kappa shape index (κ1) is 12.7. The van der Waals surface area contributed by atoms with Crippen LogP contribution in [0.15, 0.2) is 33.6 Å². The van der Waals surface area contributed by atoms with E-state index in [0.717, 1.165) is 0 Å². The van der Waals surface area contributed by atoms with Gasteiger partial charge in [-0.2, -0.15) is 5.21 Å². The smallest absolute Gasteiger partial charge is 0.426 e. The molecule has 0 aliphatic heterocycles. The topological polar surface area (TPSA) is 98.5 Å². The Hall–Kier alpha value is -1.80. The minimum atomic E-state index is -2.36. The number of halogens is 1. The summed E-state index contributed by atoms with van der Waals surface area (Å²) in [5, 5.41) is 23.8. The molecule has 2 rings (SSSR count). The minimum Gasteiger partial charge on any atom is -0.549 e. The molecule has 0 radical (unpaired) electrons. The molecular formula is C10H9ClN2O5. The molecule has 0 aliphatic rings. The fourth-order valence-electron chi connectivity index (χ4n) is 1.40. The highest BCUT2D eigenvalue weighted by Gasteiger charge is 2.32. The van der Waals surface area contributed by atoms with Gasteiger partial charge in [-0.1, -0.05) is 23.7 Å². The van der Waals surface area contributed by atoms with E-state index in [4.69, 9.17) is 16.4 Å². The predicted octanol–water partition coefficient (Wildman–Crippen LogP) is 2.12. The van der Waals surface area contributed by atoms with Crippen molar-refractivity contribution in [2.24, 2.45) is 0 Å². The number of para-hydroxylation sites is 1. The number of aromatic nitrogens is 1. The Balaban J connectivity index is 2.39. The van der Waals surface area contributed by atoms with E-state index < -0.39 is 16.3 Å². The third-order valence-electron chi connectivity index (χ3n) is 2.19. The maximum absolute atomic E-state index is 11.9. The van der Waals surface area contributed by atoms with Gasteiger partial charge in [0.1, 0.15) is 5.69 Å². The molecule has 7 nitrogen and oxygen atoms in total. The molecule has 0 aliphatic carbocycles. The second-order valence-electron chi connectivity index (χ2n) is 3.51. The zero-order valence-electron chi connectivity index (χ0n) is 9.21. The number of rotatable bonds is 3. The Morgan fingerprint density at radius 2 is 2.17 bits per heavy atom. The van der Waals surface area contributed by atoms with E-state index in [1.165, 1.54) is 19.1 Å². The average molecular weight is 273 g/mol. The molecule has 1 aromatic carbocycles. The fraction of sp³-hybridized carbons (Fsp3) is 0.100. The molecule has 0 saturated heterocycles. The molecule has 0 bridgehead atoms. The summed E-state index contributed by atoms with van der Waals surface area (Å²) < 4.78 is 4.38. The highest BCUT2D eigenvalue weighted by atomic mass is 35.5. The lowest BCUT2D eigenvalue weighted by Crippen LogP contribution is -2.45. The lowest BCUT2D eigenvalue weighted by atomic mass is 10.3. The van der Waals surface area contributed by atoms with Crippen LogP contribution in [0.3, 0.4) is 0 Å². The number of benzene rings is 1. The monoisotopic (exact) mass is 272 g/mol. The number of H-pyrrole nitrogens is 1. The molecule has 1 atom stereocenters. The third-order valence-corrected chi connectivity index (χ3v) is 2.50. The first-order valence-electron chi connectivity index (χ1n) is 4.87. The van der Waals surface area contributed by atoms with E-state index in [2.05, 4.69) is 9.68 Å². The largest absolute Gasteiger partial charge is 0.549 e. The van der Waals surface area contributed by atoms with Crippen molar-refractivity contribution in [3.8, 4) is 5.75 Å². The van der Waals surface area contributed by atoms with Gasteiger partial charge in [0, 0.05) is 4.97 Å². The Kier molecular flexibility index (Phi) is 3.14. The van der Waals surface area contributed by atoms with Crippen LogP contribution < -0.4 is 15.4 Å². The van der Waals surface area contributed by atoms with Crippen LogP contribution >= 0.6 is 11.6 Å². The summed E-state index contributed by atoms with van der Waals surface area (Å²) in [7, 11) is 0. The number of nitrogens with one attached hydrogen (secondary N) is 1. The van der Waals surface area contributed by atoms with Gasteiger partial charge in [0.2, 0.25) is 5.75 Å². The van der Waals surface area contributed by atoms with Crippen LogP contribution in [0.25, 0.3) is 0 Å². The van der Waals surface area contributed by atoms with E-state index in [1.807, 2.05) is 0 Å². The highest BCUT2D eigenvalue weighted by Crippen LogP contribution is 2.28. The molecule has 18 heavy (non-hydrogen) atoms. The number of hydrogen-bond acceptors (Lipinski definition) is 5. The standard InChI is InChI=1S/C10H9ClN2O5/c1-6-9(10(14)17-12-6)13(15,16)18-8-5-3-2-4-7(8)11/h2-5,12,15H,1H3. The highest BCUT2D eigenvalue weighted by molar-refractivity contribution is 6.32. The van der Waals surface area contributed by atoms with Gasteiger partial charge in [-0.05, 0) is 19.1 Å². The van der Waals surface area contributed by atoms with Crippen LogP contribution in [0.1, 0.15) is 5.69 Å². The predicted molar refractivity (Wildman–Crippen MR) is 63.1 cm³/mol. The van der Waals surface area contributed by atoms with Gasteiger partial charge in [-0.3, -0.25) is 4.84 Å². The molecule has 96 valence electrons. The van der Waals surface area contributed by atoms with Crippen LogP contribution in [0.2, 0.25) is 5.02 Å². The van der Waals surface area contributed by atoms with E-state index in [9.17, 15) is 15.2 Å². The molecule has 2 aromatic rings. The van der Waals surface area contributed by atoms with E-state index in [0.29, 0.717) is 0 Å². The van der Waals surface area contributed by atoms with Gasteiger partial charge < -0.3 is 9.73 Å². The quantitative estimate of drug-likeness (QED) is 0.659. The van der Waals surface area contributed by atoms with Crippen molar-refractivity contribution in [2.75, 3.05) is 0 Å². The van der Waals surface area contributed by atoms with Crippen molar-refractivity contribution in [1.29, 1.82) is 0 Å². The second-order valence-corrected chi connectivity index (χ2v) is 3.91. The third kappa shape index (κ3) is 2.24. The summed E-state index contributed by atoms with van der Waals surface area (Å²) in [4.78, 5) is 13.7. The Morgan fingerprint density at radius 1 is 1.50 bits per heavy atom. The Labute approximate surface area is 106 Å². The summed E-state index contributed by atoms with van der Waals surface area (Å²) in [6.07, 6.45) is 0. The van der Waals surface area contributed by atoms with Gasteiger partial charge in [-0.25, -0.2) is 9.95 Å². The van der Waals surface area contributed by atoms with Gasteiger partial charge in [0.05, 0.1) is 5.02 Å². The Morgan fingerprint density at radius 3 is 2.72 bits per heavy atom. The van der Waals surface area contributed by atoms with Gasteiger partial charge >= 0.3 is 11.3 Å². The van der Waals surface area contributed by atoms with Crippen molar-refractivity contribution in [3.63, 3.8) is 0 Å². The average Bonchev–Trinajstić information content (AvgIpc) is 2.62. The first-order chi connectivity index (χ1) is 8.42. The van der Waals surface area contributed by atoms with Crippen molar-refractivity contribution < 1.29 is 14.6 Å². The molecule has 0 saturated carbocycles. The first-order valence-corrected chi connectivity index (χ1v) is 5.25. The van der Waals surface area contributed by atoms with Crippen molar-refractivity contribution >= 4 is 17.3 Å². The Bertz CT molecular complexity index is 619. The number of hydrogen-bond donors (Lipinski definition) is 2. The molecule has 1 aromatic heterocycles. The number of nitrogens with zero attached hydrogens (tertiary/aromatic N) is 1. The van der Waals surface area contributed by atoms with E-state index >= 15 is 0 Å². The van der Waals surface area contributed by atoms with Gasteiger partial charge in [-0.15, -0.1) is 0 Å². The maximum Gasteiger partial charge on any atom is 0.426 e. The molecule has 0 fully saturated rings. The van der Waals surface area contributed by atoms with E-state index in [1.54, 1.807) is 12.1 Å². The van der Waals surface area contributed by atoms with Crippen LogP contribution in [0, 0.1) is 12.1 Å². The van der Waals surface area contributed by atoms with Crippen molar-refractivity contribution in [3.05, 3.63) is 50.6 Å². The van der Waals surface area contributed by atoms with Crippen LogP contribution in [0.5, 0.6) is 5.75 Å². The summed E-state index contributed by atoms with van der Waals surface area (Å²) in [5.74, 6) is -0.0586. The zero-order chi connectivity index (χ0) is 13.3. The minimum absolute atomic E-state index is 0.0586. The number of quaternary nitrogens is 1. The molecule has 1 unspecified atom stereocenters. The molecular weight excluding hydrogens is 264 g/mol. The van der Waals surface area contributed by atoms with Gasteiger partial charge in [0.25, 0.3) is 0 Å². The zero-order valence-corrected chi connectivity index (χ0v) is 9.97. The van der Waals surface area contributed by atoms with E-state index in [-0.39, 0.29) is 16.5 Å². The lowest BCUT2D eigenvalue weighted by Gasteiger charge is -2.27. The van der Waals surface area contributed by atoms with Crippen molar-refractivity contribution in [1.82, 2.24) is 10.1 Å². The summed E-state index contributed by atoms with van der Waals surface area (Å²) in [6.45, 7) is 1.39. The molecule has 8 heteroatoms. The molecule has 2 N–H and O–H groups in total. The summed E-state index contributed by atoms with van der Waals surface area (Å²) in [5.41, 5.74) is -1.56. The maximum atomic E-state index is 11.9. The number of aromatic amines is 1. The van der Waals surface area contributed by atoms with Gasteiger partial charge in [0.15, 0.2) is 0 Å². The van der Waals surface area contributed by atoms with Crippen LogP contribution in [-0.4, -0.2) is 10.4 Å². The molecule has 1 heterocycles. The van der Waals surface area contributed by atoms with Crippen LogP contribution in [-0.2, 0) is 0 Å². The fourth-order valence-corrected chi connectivity index (χ4v) is 1.57. The summed E-state index contributed by atoms with van der Waals surface area (Å²) >= 11 is 5.78.